The van der Waals surface area contributed by atoms with E-state index in [0.717, 1.165) is 36.8 Å². The summed E-state index contributed by atoms with van der Waals surface area (Å²) in [5.74, 6) is 0.584. The van der Waals surface area contributed by atoms with Gasteiger partial charge in [0.25, 0.3) is 0 Å². The Kier molecular flexibility index (Phi) is 5.61. The number of likely N-dealkylation sites (tertiary alicyclic amines) is 1. The van der Waals surface area contributed by atoms with Crippen molar-refractivity contribution in [3.8, 4) is 0 Å². The fourth-order valence-corrected chi connectivity index (χ4v) is 3.13. The second-order valence-electron chi connectivity index (χ2n) is 6.14. The van der Waals surface area contributed by atoms with E-state index < -0.39 is 6.10 Å². The van der Waals surface area contributed by atoms with Crippen molar-refractivity contribution in [3.05, 3.63) is 11.4 Å². The van der Waals surface area contributed by atoms with Gasteiger partial charge in [-0.05, 0) is 39.2 Å². The highest BCUT2D eigenvalue weighted by molar-refractivity contribution is 5.46. The van der Waals surface area contributed by atoms with Gasteiger partial charge >= 0.3 is 0 Å². The lowest BCUT2D eigenvalue weighted by atomic mass is 9.99. The summed E-state index contributed by atoms with van der Waals surface area (Å²) >= 11 is 0. The molecule has 0 amide bonds. The molecule has 0 aromatic carbocycles. The van der Waals surface area contributed by atoms with Gasteiger partial charge in [0, 0.05) is 20.2 Å². The van der Waals surface area contributed by atoms with Crippen LogP contribution in [0.25, 0.3) is 0 Å². The van der Waals surface area contributed by atoms with Crippen molar-refractivity contribution in [2.24, 2.45) is 5.92 Å². The largest absolute Gasteiger partial charge is 0.396 e. The van der Waals surface area contributed by atoms with Gasteiger partial charge in [-0.1, -0.05) is 0 Å². The number of aliphatic hydroxyl groups excluding tert-OH is 1. The quantitative estimate of drug-likeness (QED) is 0.812. The predicted molar refractivity (Wildman–Crippen MR) is 83.2 cm³/mol. The topological polar surface area (TPSA) is 76.5 Å². The third-order valence-corrected chi connectivity index (χ3v) is 4.30. The van der Waals surface area contributed by atoms with Gasteiger partial charge in [0.05, 0.1) is 36.3 Å². The maximum atomic E-state index is 10.3. The van der Waals surface area contributed by atoms with Crippen LogP contribution in [0.3, 0.4) is 0 Å². The maximum absolute atomic E-state index is 10.3. The second kappa shape index (κ2) is 7.24. The summed E-state index contributed by atoms with van der Waals surface area (Å²) in [7, 11) is 1.75. The van der Waals surface area contributed by atoms with Crippen molar-refractivity contribution in [3.63, 3.8) is 0 Å². The maximum Gasteiger partial charge on any atom is 0.0862 e. The molecule has 0 radical (unpaired) electrons. The summed E-state index contributed by atoms with van der Waals surface area (Å²) in [4.78, 5) is 2.33. The molecule has 3 N–H and O–H groups in total. The van der Waals surface area contributed by atoms with Crippen LogP contribution in [0.15, 0.2) is 0 Å². The van der Waals surface area contributed by atoms with Crippen molar-refractivity contribution < 1.29 is 9.84 Å². The normalized spacial score (nSPS) is 21.6. The first kappa shape index (κ1) is 16.3. The van der Waals surface area contributed by atoms with Gasteiger partial charge in [-0.3, -0.25) is 4.68 Å². The van der Waals surface area contributed by atoms with Crippen molar-refractivity contribution in [1.82, 2.24) is 14.7 Å². The van der Waals surface area contributed by atoms with E-state index in [1.165, 1.54) is 12.8 Å². The Morgan fingerprint density at radius 3 is 2.81 bits per heavy atom. The van der Waals surface area contributed by atoms with Gasteiger partial charge in [0.1, 0.15) is 0 Å². The molecule has 2 rings (SSSR count). The molecule has 1 fully saturated rings. The lowest BCUT2D eigenvalue weighted by Crippen LogP contribution is -2.42. The Bertz CT molecular complexity index is 459. The zero-order valence-electron chi connectivity index (χ0n) is 13.4. The molecule has 21 heavy (non-hydrogen) atoms. The third kappa shape index (κ3) is 4.18. The van der Waals surface area contributed by atoms with E-state index in [1.807, 2.05) is 18.5 Å². The van der Waals surface area contributed by atoms with Crippen LogP contribution in [-0.2, 0) is 11.3 Å². The van der Waals surface area contributed by atoms with Crippen molar-refractivity contribution >= 4 is 5.69 Å². The van der Waals surface area contributed by atoms with Gasteiger partial charge in [-0.2, -0.15) is 5.10 Å². The SMILES string of the molecule is COCC1CCCN(CC(O)Cn2nc(C)c(N)c2C)C1. The Morgan fingerprint density at radius 1 is 1.43 bits per heavy atom. The van der Waals surface area contributed by atoms with Crippen LogP contribution in [-0.4, -0.2) is 59.2 Å². The van der Waals surface area contributed by atoms with Gasteiger partial charge in [-0.15, -0.1) is 0 Å². The number of piperidine rings is 1. The number of ether oxygens (including phenoxy) is 1. The van der Waals surface area contributed by atoms with E-state index in [4.69, 9.17) is 10.5 Å². The van der Waals surface area contributed by atoms with E-state index >= 15 is 0 Å². The van der Waals surface area contributed by atoms with E-state index in [-0.39, 0.29) is 0 Å². The fraction of sp³-hybridized carbons (Fsp3) is 0.800. The summed E-state index contributed by atoms with van der Waals surface area (Å²) in [6.45, 7) is 7.87. The highest BCUT2D eigenvalue weighted by atomic mass is 16.5. The molecule has 0 bridgehead atoms. The van der Waals surface area contributed by atoms with Crippen LogP contribution in [0.4, 0.5) is 5.69 Å². The average molecular weight is 296 g/mol. The van der Waals surface area contributed by atoms with E-state index in [9.17, 15) is 5.11 Å². The molecule has 0 saturated carbocycles. The predicted octanol–water partition coefficient (Wildman–Crippen LogP) is 0.801. The third-order valence-electron chi connectivity index (χ3n) is 4.30. The first-order valence-corrected chi connectivity index (χ1v) is 7.70. The fourth-order valence-electron chi connectivity index (χ4n) is 3.13. The first-order chi connectivity index (χ1) is 10.0. The molecule has 1 aromatic heterocycles. The minimum Gasteiger partial charge on any atom is -0.396 e. The molecule has 2 unspecified atom stereocenters. The zero-order chi connectivity index (χ0) is 15.4. The number of nitrogen functional groups attached to an aromatic ring is 1. The molecule has 120 valence electrons. The number of methoxy groups -OCH3 is 1. The van der Waals surface area contributed by atoms with Crippen LogP contribution in [0.2, 0.25) is 0 Å². The smallest absolute Gasteiger partial charge is 0.0862 e. The molecule has 1 saturated heterocycles. The number of β-amino-alcohol motifs (C(OH)–C–C–N with tert-alkyl or cyclic N) is 1. The molecule has 2 atom stereocenters. The van der Waals surface area contributed by atoms with Gasteiger partial charge in [-0.25, -0.2) is 0 Å². The minimum absolute atomic E-state index is 0.427. The number of hydrogen-bond acceptors (Lipinski definition) is 5. The van der Waals surface area contributed by atoms with Crippen LogP contribution >= 0.6 is 0 Å². The molecule has 1 aliphatic heterocycles. The number of rotatable bonds is 6. The Balaban J connectivity index is 1.86. The second-order valence-corrected chi connectivity index (χ2v) is 6.14. The molecule has 2 heterocycles. The molecule has 6 nitrogen and oxygen atoms in total. The lowest BCUT2D eigenvalue weighted by Gasteiger charge is -2.33. The van der Waals surface area contributed by atoms with Crippen molar-refractivity contribution in [2.75, 3.05) is 39.1 Å². The molecule has 0 spiro atoms. The van der Waals surface area contributed by atoms with E-state index in [2.05, 4.69) is 10.00 Å². The first-order valence-electron chi connectivity index (χ1n) is 7.70. The monoisotopic (exact) mass is 296 g/mol. The number of anilines is 1. The molecule has 1 aliphatic rings. The van der Waals surface area contributed by atoms with Crippen LogP contribution in [0, 0.1) is 19.8 Å². The number of aromatic nitrogens is 2. The Morgan fingerprint density at radius 2 is 2.19 bits per heavy atom. The molecular weight excluding hydrogens is 268 g/mol. The molecule has 0 aliphatic carbocycles. The average Bonchev–Trinajstić information content (AvgIpc) is 2.67. The molecule has 1 aromatic rings. The number of nitrogens with two attached hydrogens (primary N) is 1. The lowest BCUT2D eigenvalue weighted by molar-refractivity contribution is 0.0491. The highest BCUT2D eigenvalue weighted by Crippen LogP contribution is 2.18. The number of aryl methyl sites for hydroxylation is 1. The molecule has 6 heteroatoms. The standard InChI is InChI=1S/C15H28N4O2/c1-11-15(16)12(2)19(17-11)9-14(20)8-18-6-4-5-13(7-18)10-21-3/h13-14,20H,4-10,16H2,1-3H3. The van der Waals surface area contributed by atoms with Crippen molar-refractivity contribution in [1.29, 1.82) is 0 Å². The van der Waals surface area contributed by atoms with E-state index in [1.54, 1.807) is 7.11 Å². The number of nitrogens with zero attached hydrogens (tertiary/aromatic N) is 3. The van der Waals surface area contributed by atoms with Crippen LogP contribution < -0.4 is 5.73 Å². The summed E-state index contributed by atoms with van der Waals surface area (Å²) < 4.78 is 7.06. The van der Waals surface area contributed by atoms with Gasteiger partial charge < -0.3 is 20.5 Å². The summed E-state index contributed by atoms with van der Waals surface area (Å²) in [6.07, 6.45) is 1.96. The van der Waals surface area contributed by atoms with Crippen LogP contribution in [0.5, 0.6) is 0 Å². The Labute approximate surface area is 126 Å². The zero-order valence-corrected chi connectivity index (χ0v) is 13.4. The summed E-state index contributed by atoms with van der Waals surface area (Å²) in [5.41, 5.74) is 8.41. The van der Waals surface area contributed by atoms with Gasteiger partial charge in [0.2, 0.25) is 0 Å². The highest BCUT2D eigenvalue weighted by Gasteiger charge is 2.22. The minimum atomic E-state index is -0.427. The number of hydrogen-bond donors (Lipinski definition) is 2. The van der Waals surface area contributed by atoms with E-state index in [0.29, 0.717) is 19.0 Å². The summed E-state index contributed by atoms with van der Waals surface area (Å²) in [6, 6.07) is 0. The van der Waals surface area contributed by atoms with Gasteiger partial charge in [0.15, 0.2) is 0 Å². The molecular formula is C15H28N4O2. The van der Waals surface area contributed by atoms with Crippen LogP contribution in [0.1, 0.15) is 24.2 Å². The number of aliphatic hydroxyl groups is 1. The van der Waals surface area contributed by atoms with Crippen molar-refractivity contribution in [2.45, 2.75) is 39.3 Å². The Hall–Kier alpha value is -1.11. The summed E-state index contributed by atoms with van der Waals surface area (Å²) in [5, 5.41) is 14.7.